The van der Waals surface area contributed by atoms with Gasteiger partial charge in [0.25, 0.3) is 0 Å². The fourth-order valence-corrected chi connectivity index (χ4v) is 2.63. The van der Waals surface area contributed by atoms with Crippen molar-refractivity contribution in [2.24, 2.45) is 4.99 Å². The van der Waals surface area contributed by atoms with E-state index in [0.717, 1.165) is 63.0 Å². The minimum Gasteiger partial charge on any atom is -0.357 e. The molecule has 6 nitrogen and oxygen atoms in total. The molecule has 1 aromatic rings. The van der Waals surface area contributed by atoms with Crippen LogP contribution in [0.15, 0.2) is 23.3 Å². The molecule has 142 valence electrons. The molecular weight excluding hydrogens is 427 g/mol. The summed E-state index contributed by atoms with van der Waals surface area (Å²) < 4.78 is 0. The second-order valence-corrected chi connectivity index (χ2v) is 6.29. The summed E-state index contributed by atoms with van der Waals surface area (Å²) in [6, 6.07) is 4.26. The summed E-state index contributed by atoms with van der Waals surface area (Å²) in [6.45, 7) is 11.1. The zero-order valence-corrected chi connectivity index (χ0v) is 18.1. The van der Waals surface area contributed by atoms with Gasteiger partial charge in [-0.15, -0.1) is 24.0 Å². The number of anilines is 1. The normalized spacial score (nSPS) is 15.6. The minimum absolute atomic E-state index is 0. The fourth-order valence-electron chi connectivity index (χ4n) is 2.63. The molecule has 0 atom stereocenters. The summed E-state index contributed by atoms with van der Waals surface area (Å²) >= 11 is 0. The summed E-state index contributed by atoms with van der Waals surface area (Å²) in [5.41, 5.74) is 1.14. The van der Waals surface area contributed by atoms with Gasteiger partial charge in [0.1, 0.15) is 5.82 Å². The molecular formula is C18H33IN6. The van der Waals surface area contributed by atoms with Gasteiger partial charge in [0.2, 0.25) is 0 Å². The second-order valence-electron chi connectivity index (χ2n) is 6.29. The van der Waals surface area contributed by atoms with E-state index >= 15 is 0 Å². The molecule has 0 radical (unpaired) electrons. The first kappa shape index (κ1) is 22.0. The number of hydrogen-bond acceptors (Lipinski definition) is 4. The summed E-state index contributed by atoms with van der Waals surface area (Å²) in [4.78, 5) is 14.0. The number of pyridine rings is 1. The molecule has 1 saturated heterocycles. The molecule has 0 unspecified atom stereocenters. The third-order valence-electron chi connectivity index (χ3n) is 4.22. The number of hydrogen-bond donors (Lipinski definition) is 2. The molecule has 0 saturated carbocycles. The van der Waals surface area contributed by atoms with Crippen LogP contribution in [0.25, 0.3) is 0 Å². The summed E-state index contributed by atoms with van der Waals surface area (Å²) in [6.07, 6.45) is 4.29. The number of aliphatic imine (C=N–C) groups is 1. The number of unbranched alkanes of at least 4 members (excludes halogenated alkanes) is 1. The lowest BCUT2D eigenvalue weighted by molar-refractivity contribution is 0.312. The summed E-state index contributed by atoms with van der Waals surface area (Å²) in [5, 5.41) is 6.65. The van der Waals surface area contributed by atoms with Gasteiger partial charge < -0.3 is 20.4 Å². The third-order valence-corrected chi connectivity index (χ3v) is 4.22. The number of piperazine rings is 1. The average Bonchev–Trinajstić information content (AvgIpc) is 2.61. The smallest absolute Gasteiger partial charge is 0.191 e. The topological polar surface area (TPSA) is 55.8 Å². The van der Waals surface area contributed by atoms with Crippen LogP contribution in [0.3, 0.4) is 0 Å². The van der Waals surface area contributed by atoms with E-state index in [4.69, 9.17) is 0 Å². The highest BCUT2D eigenvalue weighted by Gasteiger charge is 2.14. The third kappa shape index (κ3) is 7.77. The van der Waals surface area contributed by atoms with Crippen LogP contribution in [0.4, 0.5) is 5.82 Å². The van der Waals surface area contributed by atoms with Crippen molar-refractivity contribution in [3.05, 3.63) is 23.9 Å². The van der Waals surface area contributed by atoms with E-state index in [1.165, 1.54) is 6.42 Å². The maximum atomic E-state index is 4.64. The van der Waals surface area contributed by atoms with Gasteiger partial charge in [-0.25, -0.2) is 9.98 Å². The molecule has 2 heterocycles. The summed E-state index contributed by atoms with van der Waals surface area (Å²) in [5.74, 6) is 1.96. The molecule has 2 rings (SSSR count). The van der Waals surface area contributed by atoms with Crippen molar-refractivity contribution in [2.75, 3.05) is 51.2 Å². The largest absolute Gasteiger partial charge is 0.357 e. The SMILES string of the molecule is CCCCNC(=NCc1ccc(N2CCN(C)CC2)nc1)NCC.I. The van der Waals surface area contributed by atoms with Crippen molar-refractivity contribution in [3.63, 3.8) is 0 Å². The Balaban J connectivity index is 0.00000312. The number of rotatable bonds is 7. The fraction of sp³-hybridized carbons (Fsp3) is 0.667. The van der Waals surface area contributed by atoms with Crippen molar-refractivity contribution >= 4 is 35.8 Å². The Labute approximate surface area is 169 Å². The molecule has 0 amide bonds. The van der Waals surface area contributed by atoms with Crippen molar-refractivity contribution in [1.82, 2.24) is 20.5 Å². The minimum atomic E-state index is 0. The average molecular weight is 460 g/mol. The number of halogens is 1. The van der Waals surface area contributed by atoms with Gasteiger partial charge >= 0.3 is 0 Å². The molecule has 0 spiro atoms. The van der Waals surface area contributed by atoms with Crippen LogP contribution in [0.5, 0.6) is 0 Å². The molecule has 0 aromatic carbocycles. The highest BCUT2D eigenvalue weighted by molar-refractivity contribution is 14.0. The van der Waals surface area contributed by atoms with Gasteiger partial charge in [0.15, 0.2) is 5.96 Å². The number of nitrogens with zero attached hydrogens (tertiary/aromatic N) is 4. The molecule has 1 fully saturated rings. The molecule has 2 N–H and O–H groups in total. The first-order chi connectivity index (χ1) is 11.7. The Morgan fingerprint density at radius 3 is 2.52 bits per heavy atom. The first-order valence-corrected chi connectivity index (χ1v) is 9.13. The van der Waals surface area contributed by atoms with Crippen LogP contribution in [0.1, 0.15) is 32.3 Å². The van der Waals surface area contributed by atoms with E-state index in [-0.39, 0.29) is 24.0 Å². The molecule has 0 bridgehead atoms. The number of nitrogens with one attached hydrogen (secondary N) is 2. The zero-order chi connectivity index (χ0) is 17.2. The van der Waals surface area contributed by atoms with Crippen LogP contribution in [-0.2, 0) is 6.54 Å². The van der Waals surface area contributed by atoms with Gasteiger partial charge in [-0.3, -0.25) is 0 Å². The van der Waals surface area contributed by atoms with Gasteiger partial charge in [0, 0.05) is 45.5 Å². The molecule has 25 heavy (non-hydrogen) atoms. The number of aromatic nitrogens is 1. The van der Waals surface area contributed by atoms with Crippen molar-refractivity contribution < 1.29 is 0 Å². The molecule has 1 aromatic heterocycles. The highest BCUT2D eigenvalue weighted by Crippen LogP contribution is 2.13. The lowest BCUT2D eigenvalue weighted by atomic mass is 10.2. The van der Waals surface area contributed by atoms with Crippen molar-refractivity contribution in [2.45, 2.75) is 33.2 Å². The quantitative estimate of drug-likeness (QED) is 0.283. The monoisotopic (exact) mass is 460 g/mol. The molecule has 1 aliphatic heterocycles. The lowest BCUT2D eigenvalue weighted by Crippen LogP contribution is -2.44. The molecule has 1 aliphatic rings. The van der Waals surface area contributed by atoms with Crippen LogP contribution in [0, 0.1) is 0 Å². The van der Waals surface area contributed by atoms with E-state index in [1.54, 1.807) is 0 Å². The van der Waals surface area contributed by atoms with Gasteiger partial charge in [0.05, 0.1) is 6.54 Å². The Hall–Kier alpha value is -1.09. The standard InChI is InChI=1S/C18H32N6.HI/c1-4-6-9-20-18(19-5-2)22-15-16-7-8-17(21-14-16)24-12-10-23(3)11-13-24;/h7-8,14H,4-6,9-13,15H2,1-3H3,(H2,19,20,22);1H. The second kappa shape index (κ2) is 12.3. The van der Waals surface area contributed by atoms with E-state index in [9.17, 15) is 0 Å². The van der Waals surface area contributed by atoms with E-state index in [2.05, 4.69) is 63.4 Å². The Kier molecular flexibility index (Phi) is 10.8. The maximum Gasteiger partial charge on any atom is 0.191 e. The lowest BCUT2D eigenvalue weighted by Gasteiger charge is -2.33. The van der Waals surface area contributed by atoms with Gasteiger partial charge in [-0.1, -0.05) is 19.4 Å². The molecule has 0 aliphatic carbocycles. The maximum absolute atomic E-state index is 4.64. The van der Waals surface area contributed by atoms with Crippen LogP contribution >= 0.6 is 24.0 Å². The van der Waals surface area contributed by atoms with Crippen LogP contribution in [0.2, 0.25) is 0 Å². The highest BCUT2D eigenvalue weighted by atomic mass is 127. The van der Waals surface area contributed by atoms with Crippen LogP contribution < -0.4 is 15.5 Å². The Bertz CT molecular complexity index is 497. The van der Waals surface area contributed by atoms with Crippen LogP contribution in [-0.4, -0.2) is 62.2 Å². The van der Waals surface area contributed by atoms with Crippen molar-refractivity contribution in [1.29, 1.82) is 0 Å². The predicted octanol–water partition coefficient (Wildman–Crippen LogP) is 2.31. The molecule has 7 heteroatoms. The van der Waals surface area contributed by atoms with Gasteiger partial charge in [-0.2, -0.15) is 0 Å². The van der Waals surface area contributed by atoms with E-state index in [1.807, 2.05) is 6.20 Å². The first-order valence-electron chi connectivity index (χ1n) is 9.13. The predicted molar refractivity (Wildman–Crippen MR) is 117 cm³/mol. The van der Waals surface area contributed by atoms with E-state index in [0.29, 0.717) is 6.54 Å². The summed E-state index contributed by atoms with van der Waals surface area (Å²) in [7, 11) is 2.17. The Morgan fingerprint density at radius 2 is 1.92 bits per heavy atom. The van der Waals surface area contributed by atoms with Crippen molar-refractivity contribution in [3.8, 4) is 0 Å². The zero-order valence-electron chi connectivity index (χ0n) is 15.8. The number of likely N-dealkylation sites (N-methyl/N-ethyl adjacent to an activating group) is 1. The Morgan fingerprint density at radius 1 is 1.16 bits per heavy atom. The van der Waals surface area contributed by atoms with Gasteiger partial charge in [-0.05, 0) is 32.0 Å². The number of guanidine groups is 1. The van der Waals surface area contributed by atoms with E-state index < -0.39 is 0 Å².